The third-order valence-electron chi connectivity index (χ3n) is 6.05. The summed E-state index contributed by atoms with van der Waals surface area (Å²) >= 11 is 1.58. The van der Waals surface area contributed by atoms with Crippen molar-refractivity contribution in [3.63, 3.8) is 0 Å². The van der Waals surface area contributed by atoms with Crippen LogP contribution in [0.3, 0.4) is 0 Å². The summed E-state index contributed by atoms with van der Waals surface area (Å²) in [6.07, 6.45) is 4.67. The molecule has 0 radical (unpaired) electrons. The standard InChI is InChI=1S/C26H39N5O4S/c1-5-6-7-8-15-36-26-29-20(19-16-22(33-2)24(35-4)23(17-19)34-3)18-21(30-26)25(32)28-11-14-31-12-9-27-10-13-31/h16-18,27H,5-15H2,1-4H3,(H,28,32). The minimum absolute atomic E-state index is 0.200. The third-order valence-corrected chi connectivity index (χ3v) is 6.98. The number of aromatic nitrogens is 2. The van der Waals surface area contributed by atoms with Crippen molar-refractivity contribution in [1.82, 2.24) is 25.5 Å². The number of benzene rings is 1. The number of ether oxygens (including phenoxy) is 3. The lowest BCUT2D eigenvalue weighted by molar-refractivity contribution is 0.0941. The summed E-state index contributed by atoms with van der Waals surface area (Å²) in [6.45, 7) is 7.54. The molecule has 36 heavy (non-hydrogen) atoms. The number of piperazine rings is 1. The van der Waals surface area contributed by atoms with Crippen molar-refractivity contribution in [3.8, 4) is 28.5 Å². The third kappa shape index (κ3) is 7.97. The highest BCUT2D eigenvalue weighted by Gasteiger charge is 2.18. The van der Waals surface area contributed by atoms with Gasteiger partial charge in [0, 0.05) is 50.6 Å². The van der Waals surface area contributed by atoms with Crippen LogP contribution in [0.1, 0.15) is 43.1 Å². The highest BCUT2D eigenvalue weighted by Crippen LogP contribution is 2.41. The first kappa shape index (κ1) is 28.0. The monoisotopic (exact) mass is 517 g/mol. The molecule has 3 rings (SSSR count). The fourth-order valence-electron chi connectivity index (χ4n) is 4.03. The maximum absolute atomic E-state index is 13.1. The van der Waals surface area contributed by atoms with Gasteiger partial charge in [0.2, 0.25) is 5.75 Å². The molecule has 1 fully saturated rings. The summed E-state index contributed by atoms with van der Waals surface area (Å²) in [5.41, 5.74) is 1.74. The Balaban J connectivity index is 1.83. The van der Waals surface area contributed by atoms with E-state index in [1.807, 2.05) is 12.1 Å². The summed E-state index contributed by atoms with van der Waals surface area (Å²) < 4.78 is 16.5. The molecule has 2 aromatic rings. The molecule has 2 heterocycles. The molecule has 0 bridgehead atoms. The van der Waals surface area contributed by atoms with Crippen molar-refractivity contribution in [2.45, 2.75) is 37.8 Å². The number of hydrogen-bond acceptors (Lipinski definition) is 9. The Kier molecular flexibility index (Phi) is 11.6. The van der Waals surface area contributed by atoms with E-state index in [0.717, 1.165) is 50.5 Å². The first-order valence-electron chi connectivity index (χ1n) is 12.6. The zero-order valence-electron chi connectivity index (χ0n) is 21.9. The van der Waals surface area contributed by atoms with Crippen molar-refractivity contribution in [3.05, 3.63) is 23.9 Å². The van der Waals surface area contributed by atoms with E-state index in [4.69, 9.17) is 19.2 Å². The number of carbonyl (C=O) groups is 1. The zero-order chi connectivity index (χ0) is 25.8. The molecular formula is C26H39N5O4S. The summed E-state index contributed by atoms with van der Waals surface area (Å²) in [5.74, 6) is 2.27. The minimum atomic E-state index is -0.200. The number of methoxy groups -OCH3 is 3. The normalized spacial score (nSPS) is 13.9. The molecule has 2 N–H and O–H groups in total. The van der Waals surface area contributed by atoms with Gasteiger partial charge in [-0.05, 0) is 24.6 Å². The minimum Gasteiger partial charge on any atom is -0.493 e. The lowest BCUT2D eigenvalue weighted by Crippen LogP contribution is -2.46. The Bertz CT molecular complexity index is 960. The number of thioether (sulfide) groups is 1. The Morgan fingerprint density at radius 1 is 1.03 bits per heavy atom. The van der Waals surface area contributed by atoms with E-state index in [2.05, 4.69) is 27.4 Å². The molecule has 1 amide bonds. The van der Waals surface area contributed by atoms with Gasteiger partial charge in [-0.2, -0.15) is 0 Å². The van der Waals surface area contributed by atoms with Crippen molar-refractivity contribution < 1.29 is 19.0 Å². The Morgan fingerprint density at radius 2 is 1.75 bits per heavy atom. The molecule has 1 aliphatic rings. The molecule has 0 saturated carbocycles. The van der Waals surface area contributed by atoms with Crippen LogP contribution in [0.5, 0.6) is 17.2 Å². The van der Waals surface area contributed by atoms with E-state index in [1.54, 1.807) is 39.2 Å². The van der Waals surface area contributed by atoms with E-state index >= 15 is 0 Å². The van der Waals surface area contributed by atoms with E-state index in [1.165, 1.54) is 19.3 Å². The lowest BCUT2D eigenvalue weighted by Gasteiger charge is -2.27. The first-order chi connectivity index (χ1) is 17.6. The molecule has 1 aromatic heterocycles. The maximum Gasteiger partial charge on any atom is 0.270 e. The molecule has 1 aromatic carbocycles. The molecule has 0 unspecified atom stereocenters. The molecule has 9 nitrogen and oxygen atoms in total. The predicted molar refractivity (Wildman–Crippen MR) is 144 cm³/mol. The Hall–Kier alpha value is -2.56. The largest absolute Gasteiger partial charge is 0.493 e. The van der Waals surface area contributed by atoms with Crippen LogP contribution in [0, 0.1) is 0 Å². The highest BCUT2D eigenvalue weighted by atomic mass is 32.2. The van der Waals surface area contributed by atoms with Crippen molar-refractivity contribution in [2.24, 2.45) is 0 Å². The summed E-state index contributed by atoms with van der Waals surface area (Å²) in [4.78, 5) is 24.8. The average Bonchev–Trinajstić information content (AvgIpc) is 2.92. The maximum atomic E-state index is 13.1. The van der Waals surface area contributed by atoms with Gasteiger partial charge in [-0.3, -0.25) is 9.69 Å². The quantitative estimate of drug-likeness (QED) is 0.222. The second-order valence-corrected chi connectivity index (χ2v) is 9.65. The zero-order valence-corrected chi connectivity index (χ0v) is 22.7. The van der Waals surface area contributed by atoms with Crippen LogP contribution in [0.15, 0.2) is 23.4 Å². The summed E-state index contributed by atoms with van der Waals surface area (Å²) in [5, 5.41) is 6.96. The van der Waals surface area contributed by atoms with Gasteiger partial charge in [0.15, 0.2) is 16.7 Å². The van der Waals surface area contributed by atoms with Crippen molar-refractivity contribution in [2.75, 3.05) is 66.4 Å². The molecule has 0 aliphatic carbocycles. The SMILES string of the molecule is CCCCCCSc1nc(C(=O)NCCN2CCNCC2)cc(-c2cc(OC)c(OC)c(OC)c2)n1. The highest BCUT2D eigenvalue weighted by molar-refractivity contribution is 7.99. The van der Waals surface area contributed by atoms with Gasteiger partial charge in [-0.1, -0.05) is 37.9 Å². The van der Waals surface area contributed by atoms with Crippen LogP contribution in [0.2, 0.25) is 0 Å². The number of carbonyl (C=O) groups excluding carboxylic acids is 1. The van der Waals surface area contributed by atoms with Crippen LogP contribution in [-0.4, -0.2) is 87.1 Å². The fraction of sp³-hybridized carbons (Fsp3) is 0.577. The van der Waals surface area contributed by atoms with Gasteiger partial charge in [0.1, 0.15) is 5.69 Å². The van der Waals surface area contributed by atoms with E-state index in [-0.39, 0.29) is 5.91 Å². The smallest absolute Gasteiger partial charge is 0.270 e. The molecule has 1 saturated heterocycles. The second kappa shape index (κ2) is 14.9. The number of rotatable bonds is 14. The summed E-state index contributed by atoms with van der Waals surface area (Å²) in [6, 6.07) is 5.40. The second-order valence-electron chi connectivity index (χ2n) is 8.59. The van der Waals surface area contributed by atoms with Crippen molar-refractivity contribution in [1.29, 1.82) is 0 Å². The van der Waals surface area contributed by atoms with Gasteiger partial charge in [0.05, 0.1) is 27.0 Å². The first-order valence-corrected chi connectivity index (χ1v) is 13.6. The van der Waals surface area contributed by atoms with Crippen molar-refractivity contribution >= 4 is 17.7 Å². The molecule has 10 heteroatoms. The van der Waals surface area contributed by atoms with Gasteiger partial charge in [-0.25, -0.2) is 9.97 Å². The fourth-order valence-corrected chi connectivity index (χ4v) is 4.88. The number of unbranched alkanes of at least 4 members (excludes halogenated alkanes) is 3. The van der Waals surface area contributed by atoms with Crippen LogP contribution in [0.25, 0.3) is 11.3 Å². The lowest BCUT2D eigenvalue weighted by atomic mass is 10.1. The van der Waals surface area contributed by atoms with E-state index in [9.17, 15) is 4.79 Å². The molecule has 198 valence electrons. The number of hydrogen-bond donors (Lipinski definition) is 2. The van der Waals surface area contributed by atoms with Crippen LogP contribution in [-0.2, 0) is 0 Å². The van der Waals surface area contributed by atoms with Gasteiger partial charge in [-0.15, -0.1) is 0 Å². The number of nitrogens with zero attached hydrogens (tertiary/aromatic N) is 3. The molecular weight excluding hydrogens is 478 g/mol. The summed E-state index contributed by atoms with van der Waals surface area (Å²) in [7, 11) is 4.73. The van der Waals surface area contributed by atoms with Crippen LogP contribution >= 0.6 is 11.8 Å². The molecule has 0 spiro atoms. The van der Waals surface area contributed by atoms with Gasteiger partial charge < -0.3 is 24.8 Å². The van der Waals surface area contributed by atoms with Gasteiger partial charge in [0.25, 0.3) is 5.91 Å². The van der Waals surface area contributed by atoms with Gasteiger partial charge >= 0.3 is 0 Å². The molecule has 0 atom stereocenters. The Morgan fingerprint density at radius 3 is 2.39 bits per heavy atom. The topological polar surface area (TPSA) is 97.8 Å². The Labute approximate surface area is 218 Å². The number of amides is 1. The van der Waals surface area contributed by atoms with E-state index < -0.39 is 0 Å². The molecule has 1 aliphatic heterocycles. The van der Waals surface area contributed by atoms with Crippen LogP contribution in [0.4, 0.5) is 0 Å². The van der Waals surface area contributed by atoms with Crippen LogP contribution < -0.4 is 24.8 Å². The number of nitrogens with one attached hydrogen (secondary N) is 2. The predicted octanol–water partition coefficient (Wildman–Crippen LogP) is 3.48. The average molecular weight is 518 g/mol. The van der Waals surface area contributed by atoms with E-state index in [0.29, 0.717) is 40.3 Å².